The number of imidazole rings is 1. The van der Waals surface area contributed by atoms with Crippen molar-refractivity contribution in [2.24, 2.45) is 0 Å². The van der Waals surface area contributed by atoms with Crippen LogP contribution in [0.1, 0.15) is 19.9 Å². The zero-order valence-corrected chi connectivity index (χ0v) is 10.9. The number of aromatic nitrogens is 2. The summed E-state index contributed by atoms with van der Waals surface area (Å²) in [4.78, 5) is 4.35. The van der Waals surface area contributed by atoms with Crippen molar-refractivity contribution in [2.45, 2.75) is 19.9 Å². The van der Waals surface area contributed by atoms with Gasteiger partial charge in [-0.05, 0) is 38.1 Å². The van der Waals surface area contributed by atoms with Crippen molar-refractivity contribution in [1.82, 2.24) is 9.55 Å². The fourth-order valence-electron chi connectivity index (χ4n) is 1.78. The van der Waals surface area contributed by atoms with E-state index in [1.54, 1.807) is 13.3 Å². The Morgan fingerprint density at radius 1 is 1.24 bits per heavy atom. The maximum Gasteiger partial charge on any atom is 0.141 e. The Hall–Kier alpha value is -1.48. The first-order chi connectivity index (χ1) is 8.13. The molecule has 0 N–H and O–H groups in total. The van der Waals surface area contributed by atoms with E-state index in [4.69, 9.17) is 16.3 Å². The average Bonchev–Trinajstić information content (AvgIpc) is 2.71. The van der Waals surface area contributed by atoms with Gasteiger partial charge in [-0.15, -0.1) is 0 Å². The van der Waals surface area contributed by atoms with E-state index in [0.29, 0.717) is 5.15 Å². The number of methoxy groups -OCH3 is 1. The Morgan fingerprint density at radius 3 is 2.41 bits per heavy atom. The topological polar surface area (TPSA) is 27.1 Å². The van der Waals surface area contributed by atoms with Crippen molar-refractivity contribution < 1.29 is 4.74 Å². The summed E-state index contributed by atoms with van der Waals surface area (Å²) >= 11 is 6.12. The lowest BCUT2D eigenvalue weighted by Crippen LogP contribution is -2.03. The monoisotopic (exact) mass is 250 g/mol. The van der Waals surface area contributed by atoms with Gasteiger partial charge < -0.3 is 9.30 Å². The minimum absolute atomic E-state index is 0.280. The number of rotatable bonds is 3. The van der Waals surface area contributed by atoms with Crippen LogP contribution in [0.3, 0.4) is 0 Å². The molecule has 0 fully saturated rings. The lowest BCUT2D eigenvalue weighted by atomic mass is 10.2. The molecule has 0 aliphatic heterocycles. The molecular formula is C13H15ClN2O. The van der Waals surface area contributed by atoms with Gasteiger partial charge in [-0.2, -0.15) is 0 Å². The van der Waals surface area contributed by atoms with Crippen molar-refractivity contribution in [3.05, 3.63) is 35.6 Å². The van der Waals surface area contributed by atoms with Crippen LogP contribution in [0.15, 0.2) is 30.5 Å². The maximum absolute atomic E-state index is 6.12. The van der Waals surface area contributed by atoms with Gasteiger partial charge in [0.2, 0.25) is 0 Å². The Labute approximate surface area is 106 Å². The first-order valence-corrected chi connectivity index (χ1v) is 5.88. The molecule has 1 heterocycles. The summed E-state index contributed by atoms with van der Waals surface area (Å²) in [6, 6.07) is 8.08. The molecule has 1 aromatic heterocycles. The molecule has 0 saturated carbocycles. The van der Waals surface area contributed by atoms with Crippen LogP contribution in [0.4, 0.5) is 0 Å². The molecule has 0 aliphatic carbocycles. The van der Waals surface area contributed by atoms with Gasteiger partial charge in [-0.25, -0.2) is 4.98 Å². The number of ether oxygens (including phenoxy) is 1. The average molecular weight is 251 g/mol. The van der Waals surface area contributed by atoms with E-state index in [-0.39, 0.29) is 6.04 Å². The molecule has 0 atom stereocenters. The number of benzene rings is 1. The fourth-order valence-corrected chi connectivity index (χ4v) is 2.11. The normalized spacial score (nSPS) is 10.9. The summed E-state index contributed by atoms with van der Waals surface area (Å²) in [6.07, 6.45) is 1.68. The SMILES string of the molecule is COc1ccc(-c2ncc(Cl)n2C(C)C)cc1. The minimum Gasteiger partial charge on any atom is -0.497 e. The smallest absolute Gasteiger partial charge is 0.141 e. The molecule has 0 radical (unpaired) electrons. The third-order valence-electron chi connectivity index (χ3n) is 2.62. The van der Waals surface area contributed by atoms with Crippen LogP contribution in [-0.4, -0.2) is 16.7 Å². The summed E-state index contributed by atoms with van der Waals surface area (Å²) < 4.78 is 7.14. The van der Waals surface area contributed by atoms with Gasteiger partial charge in [0.25, 0.3) is 0 Å². The summed E-state index contributed by atoms with van der Waals surface area (Å²) in [6.45, 7) is 4.17. The molecule has 0 saturated heterocycles. The molecular weight excluding hydrogens is 236 g/mol. The highest BCUT2D eigenvalue weighted by Gasteiger charge is 2.12. The molecule has 3 nitrogen and oxygen atoms in total. The second-order valence-corrected chi connectivity index (χ2v) is 4.48. The quantitative estimate of drug-likeness (QED) is 0.829. The summed E-state index contributed by atoms with van der Waals surface area (Å²) in [7, 11) is 1.65. The predicted octanol–water partition coefficient (Wildman–Crippen LogP) is 3.79. The Kier molecular flexibility index (Phi) is 3.38. The molecule has 0 unspecified atom stereocenters. The van der Waals surface area contributed by atoms with Crippen LogP contribution in [0.25, 0.3) is 11.4 Å². The molecule has 1 aromatic carbocycles. The summed E-state index contributed by atoms with van der Waals surface area (Å²) in [5.41, 5.74) is 1.03. The van der Waals surface area contributed by atoms with E-state index in [2.05, 4.69) is 18.8 Å². The second kappa shape index (κ2) is 4.80. The highest BCUT2D eigenvalue weighted by Crippen LogP contribution is 2.27. The summed E-state index contributed by atoms with van der Waals surface area (Å²) in [5.74, 6) is 1.72. The number of nitrogens with zero attached hydrogens (tertiary/aromatic N) is 2. The van der Waals surface area contributed by atoms with Crippen LogP contribution >= 0.6 is 11.6 Å². The number of halogens is 1. The number of hydrogen-bond acceptors (Lipinski definition) is 2. The minimum atomic E-state index is 0.280. The van der Waals surface area contributed by atoms with Gasteiger partial charge >= 0.3 is 0 Å². The third-order valence-corrected chi connectivity index (χ3v) is 2.90. The zero-order valence-electron chi connectivity index (χ0n) is 10.1. The predicted molar refractivity (Wildman–Crippen MR) is 69.6 cm³/mol. The van der Waals surface area contributed by atoms with Crippen molar-refractivity contribution in [1.29, 1.82) is 0 Å². The molecule has 2 rings (SSSR count). The van der Waals surface area contributed by atoms with Crippen LogP contribution < -0.4 is 4.74 Å². The molecule has 0 spiro atoms. The van der Waals surface area contributed by atoms with Crippen LogP contribution in [0.2, 0.25) is 5.15 Å². The van der Waals surface area contributed by atoms with Crippen LogP contribution in [-0.2, 0) is 0 Å². The molecule has 90 valence electrons. The first-order valence-electron chi connectivity index (χ1n) is 5.50. The van der Waals surface area contributed by atoms with Crippen molar-refractivity contribution in [2.75, 3.05) is 7.11 Å². The third kappa shape index (κ3) is 2.29. The maximum atomic E-state index is 6.12. The molecule has 0 aliphatic rings. The van der Waals surface area contributed by atoms with E-state index >= 15 is 0 Å². The van der Waals surface area contributed by atoms with Crippen LogP contribution in [0, 0.1) is 0 Å². The van der Waals surface area contributed by atoms with Crippen molar-refractivity contribution in [3.8, 4) is 17.1 Å². The van der Waals surface area contributed by atoms with Crippen LogP contribution in [0.5, 0.6) is 5.75 Å². The second-order valence-electron chi connectivity index (χ2n) is 4.10. The highest BCUT2D eigenvalue weighted by atomic mass is 35.5. The molecule has 0 bridgehead atoms. The van der Waals surface area contributed by atoms with E-state index in [1.165, 1.54) is 0 Å². The lowest BCUT2D eigenvalue weighted by Gasteiger charge is -2.13. The Bertz CT molecular complexity index is 503. The van der Waals surface area contributed by atoms with Gasteiger partial charge in [-0.1, -0.05) is 11.6 Å². The van der Waals surface area contributed by atoms with Gasteiger partial charge in [0.05, 0.1) is 13.3 Å². The van der Waals surface area contributed by atoms with Crippen molar-refractivity contribution in [3.63, 3.8) is 0 Å². The van der Waals surface area contributed by atoms with E-state index in [9.17, 15) is 0 Å². The van der Waals surface area contributed by atoms with E-state index < -0.39 is 0 Å². The number of hydrogen-bond donors (Lipinski definition) is 0. The fraction of sp³-hybridized carbons (Fsp3) is 0.308. The lowest BCUT2D eigenvalue weighted by molar-refractivity contribution is 0.415. The van der Waals surface area contributed by atoms with Gasteiger partial charge in [0.15, 0.2) is 0 Å². The largest absolute Gasteiger partial charge is 0.497 e. The summed E-state index contributed by atoms with van der Waals surface area (Å²) in [5, 5.41) is 0.658. The van der Waals surface area contributed by atoms with Gasteiger partial charge in [0, 0.05) is 11.6 Å². The zero-order chi connectivity index (χ0) is 12.4. The molecule has 0 amide bonds. The standard InChI is InChI=1S/C13H15ClN2O/c1-9(2)16-12(14)8-15-13(16)10-4-6-11(17-3)7-5-10/h4-9H,1-3H3. The van der Waals surface area contributed by atoms with Crippen molar-refractivity contribution >= 4 is 11.6 Å². The highest BCUT2D eigenvalue weighted by molar-refractivity contribution is 6.29. The van der Waals surface area contributed by atoms with E-state index in [0.717, 1.165) is 17.1 Å². The molecule has 17 heavy (non-hydrogen) atoms. The Balaban J connectivity index is 2.45. The first kappa shape index (κ1) is 12.0. The van der Waals surface area contributed by atoms with Gasteiger partial charge in [-0.3, -0.25) is 0 Å². The molecule has 4 heteroatoms. The van der Waals surface area contributed by atoms with Gasteiger partial charge in [0.1, 0.15) is 16.7 Å². The Morgan fingerprint density at radius 2 is 1.88 bits per heavy atom. The molecule has 2 aromatic rings. The van der Waals surface area contributed by atoms with E-state index in [1.807, 2.05) is 28.8 Å².